The van der Waals surface area contributed by atoms with Crippen LogP contribution in [0.25, 0.3) is 0 Å². The molecule has 0 aromatic carbocycles. The lowest BCUT2D eigenvalue weighted by Gasteiger charge is -2.18. The molecule has 6 nitrogen and oxygen atoms in total. The van der Waals surface area contributed by atoms with Crippen molar-refractivity contribution in [2.45, 2.75) is 367 Å². The Kier molecular flexibility index (Phi) is 67.2. The van der Waals surface area contributed by atoms with Gasteiger partial charge in [0.2, 0.25) is 0 Å². The Labute approximate surface area is 509 Å². The lowest BCUT2D eigenvalue weighted by molar-refractivity contribution is -0.167. The standard InChI is InChI=1S/C76H134O6/c1-4-7-10-13-16-19-22-25-28-30-32-34-36-37-38-39-41-42-44-46-48-51-54-57-60-63-66-69-75(78)81-72-73(71-80-74(77)68-65-62-59-56-53-50-27-24-21-18-15-12-9-6-3)82-76(79)70-67-64-61-58-55-52-49-47-45-43-40-35-33-31-29-26-23-20-17-14-11-8-5-2/h7,10,16,19,23,25-26,28,31-34,40,43,73H,4-6,8-9,11-15,17-18,20-22,24,27,29-30,35-39,41-42,44-72H2,1-3H3/b10-7-,19-16-,26-23-,28-25-,33-31-,34-32-,43-40-. The number of ether oxygens (including phenoxy) is 3. The van der Waals surface area contributed by atoms with E-state index in [2.05, 4.69) is 106 Å². The third-order valence-corrected chi connectivity index (χ3v) is 15.6. The molecule has 0 aromatic heterocycles. The van der Waals surface area contributed by atoms with E-state index in [-0.39, 0.29) is 31.1 Å². The van der Waals surface area contributed by atoms with Crippen molar-refractivity contribution in [3.05, 3.63) is 85.1 Å². The van der Waals surface area contributed by atoms with Crippen molar-refractivity contribution in [3.63, 3.8) is 0 Å². The number of allylic oxidation sites excluding steroid dienone is 14. The van der Waals surface area contributed by atoms with Crippen LogP contribution in [0.15, 0.2) is 85.1 Å². The minimum atomic E-state index is -0.780. The first-order valence-corrected chi connectivity index (χ1v) is 35.6. The molecule has 6 heteroatoms. The summed E-state index contributed by atoms with van der Waals surface area (Å²) in [7, 11) is 0. The largest absolute Gasteiger partial charge is 0.462 e. The van der Waals surface area contributed by atoms with Crippen molar-refractivity contribution < 1.29 is 28.6 Å². The van der Waals surface area contributed by atoms with Crippen LogP contribution in [-0.4, -0.2) is 37.2 Å². The maximum atomic E-state index is 13.0. The van der Waals surface area contributed by atoms with Crippen LogP contribution in [0.5, 0.6) is 0 Å². The van der Waals surface area contributed by atoms with Crippen LogP contribution in [0.1, 0.15) is 361 Å². The molecule has 0 fully saturated rings. The molecule has 0 radical (unpaired) electrons. The molecule has 0 aliphatic heterocycles. The topological polar surface area (TPSA) is 78.9 Å². The molecular weight excluding hydrogens is 1010 g/mol. The molecule has 1 unspecified atom stereocenters. The Balaban J connectivity index is 4.29. The SMILES string of the molecule is CC/C=C\C/C=C\C/C=C\C/C=C\CCCCCCCCCCCCCCCCC(=O)OCC(COC(=O)CCCCCCCCCCCCCCCC)OC(=O)CCCCCCCCCC/C=C\C/C=C\C/C=C\CCCCCCC. The molecule has 0 spiro atoms. The van der Waals surface area contributed by atoms with E-state index in [0.29, 0.717) is 19.3 Å². The van der Waals surface area contributed by atoms with E-state index >= 15 is 0 Å². The van der Waals surface area contributed by atoms with Gasteiger partial charge in [0.25, 0.3) is 0 Å². The van der Waals surface area contributed by atoms with Gasteiger partial charge in [0.1, 0.15) is 13.2 Å². The van der Waals surface area contributed by atoms with Crippen LogP contribution in [0.4, 0.5) is 0 Å². The third kappa shape index (κ3) is 67.4. The Hall–Kier alpha value is -3.41. The zero-order chi connectivity index (χ0) is 59.2. The van der Waals surface area contributed by atoms with Gasteiger partial charge in [-0.1, -0.05) is 331 Å². The minimum Gasteiger partial charge on any atom is -0.462 e. The van der Waals surface area contributed by atoms with E-state index in [1.807, 2.05) is 0 Å². The highest BCUT2D eigenvalue weighted by Crippen LogP contribution is 2.18. The number of carbonyl (C=O) groups is 3. The van der Waals surface area contributed by atoms with E-state index < -0.39 is 6.10 Å². The van der Waals surface area contributed by atoms with Gasteiger partial charge in [-0.2, -0.15) is 0 Å². The Bertz CT molecular complexity index is 1550. The fourth-order valence-corrected chi connectivity index (χ4v) is 10.3. The van der Waals surface area contributed by atoms with Crippen LogP contribution in [0.3, 0.4) is 0 Å². The molecule has 0 amide bonds. The lowest BCUT2D eigenvalue weighted by Crippen LogP contribution is -2.30. The summed E-state index contributed by atoms with van der Waals surface area (Å²) < 4.78 is 17.0. The van der Waals surface area contributed by atoms with Crippen molar-refractivity contribution in [2.75, 3.05) is 13.2 Å². The molecule has 0 rings (SSSR count). The molecule has 0 saturated heterocycles. The van der Waals surface area contributed by atoms with E-state index in [1.54, 1.807) is 0 Å². The molecule has 0 N–H and O–H groups in total. The average Bonchev–Trinajstić information content (AvgIpc) is 3.48. The van der Waals surface area contributed by atoms with Gasteiger partial charge < -0.3 is 14.2 Å². The summed E-state index contributed by atoms with van der Waals surface area (Å²) in [6.45, 7) is 6.56. The molecule has 1 atom stereocenters. The number of rotatable bonds is 65. The number of unbranched alkanes of at least 4 members (excludes halogenated alkanes) is 40. The summed E-state index contributed by atoms with van der Waals surface area (Å²) in [5.74, 6) is -0.862. The predicted molar refractivity (Wildman–Crippen MR) is 358 cm³/mol. The summed E-state index contributed by atoms with van der Waals surface area (Å²) in [4.78, 5) is 38.5. The van der Waals surface area contributed by atoms with Gasteiger partial charge in [-0.25, -0.2) is 0 Å². The second-order valence-electron chi connectivity index (χ2n) is 23.8. The summed E-state index contributed by atoms with van der Waals surface area (Å²) in [6.07, 6.45) is 93.2. The second kappa shape index (κ2) is 70.1. The average molecular weight is 1140 g/mol. The van der Waals surface area contributed by atoms with E-state index in [1.165, 1.54) is 218 Å². The Morgan fingerprint density at radius 2 is 0.476 bits per heavy atom. The zero-order valence-electron chi connectivity index (χ0n) is 54.5. The van der Waals surface area contributed by atoms with Crippen molar-refractivity contribution >= 4 is 17.9 Å². The maximum absolute atomic E-state index is 13.0. The highest BCUT2D eigenvalue weighted by molar-refractivity contribution is 5.71. The quantitative estimate of drug-likeness (QED) is 0.0261. The molecule has 0 saturated carbocycles. The van der Waals surface area contributed by atoms with Crippen LogP contribution < -0.4 is 0 Å². The summed E-state index contributed by atoms with van der Waals surface area (Å²) in [6, 6.07) is 0. The highest BCUT2D eigenvalue weighted by Gasteiger charge is 2.19. The molecule has 0 bridgehead atoms. The van der Waals surface area contributed by atoms with Crippen LogP contribution >= 0.6 is 0 Å². The van der Waals surface area contributed by atoms with Gasteiger partial charge in [0.15, 0.2) is 6.10 Å². The summed E-state index contributed by atoms with van der Waals surface area (Å²) in [5, 5.41) is 0. The van der Waals surface area contributed by atoms with Crippen LogP contribution in [-0.2, 0) is 28.6 Å². The van der Waals surface area contributed by atoms with Gasteiger partial charge in [0, 0.05) is 19.3 Å². The highest BCUT2D eigenvalue weighted by atomic mass is 16.6. The monoisotopic (exact) mass is 1140 g/mol. The van der Waals surface area contributed by atoms with E-state index in [4.69, 9.17) is 14.2 Å². The third-order valence-electron chi connectivity index (χ3n) is 15.6. The van der Waals surface area contributed by atoms with Crippen LogP contribution in [0, 0.1) is 0 Å². The first kappa shape index (κ1) is 78.6. The normalized spacial score (nSPS) is 12.6. The number of carbonyl (C=O) groups excluding carboxylic acids is 3. The van der Waals surface area contributed by atoms with E-state index in [0.717, 1.165) is 103 Å². The molecular formula is C76H134O6. The second-order valence-corrected chi connectivity index (χ2v) is 23.8. The maximum Gasteiger partial charge on any atom is 0.306 e. The molecule has 474 valence electrons. The lowest BCUT2D eigenvalue weighted by atomic mass is 10.0. The fourth-order valence-electron chi connectivity index (χ4n) is 10.3. The summed E-state index contributed by atoms with van der Waals surface area (Å²) >= 11 is 0. The van der Waals surface area contributed by atoms with E-state index in [9.17, 15) is 14.4 Å². The van der Waals surface area contributed by atoms with Crippen molar-refractivity contribution in [3.8, 4) is 0 Å². The Morgan fingerprint density at radius 1 is 0.256 bits per heavy atom. The summed E-state index contributed by atoms with van der Waals surface area (Å²) in [5.41, 5.74) is 0. The van der Waals surface area contributed by atoms with Gasteiger partial charge in [-0.05, 0) is 96.3 Å². The molecule has 0 aromatic rings. The smallest absolute Gasteiger partial charge is 0.306 e. The molecule has 0 aliphatic carbocycles. The van der Waals surface area contributed by atoms with Gasteiger partial charge in [-0.15, -0.1) is 0 Å². The molecule has 0 aliphatic rings. The van der Waals surface area contributed by atoms with Gasteiger partial charge in [0.05, 0.1) is 0 Å². The number of esters is 3. The van der Waals surface area contributed by atoms with Crippen molar-refractivity contribution in [1.82, 2.24) is 0 Å². The minimum absolute atomic E-state index is 0.0751. The number of hydrogen-bond donors (Lipinski definition) is 0. The predicted octanol–water partition coefficient (Wildman–Crippen LogP) is 24.6. The van der Waals surface area contributed by atoms with Crippen molar-refractivity contribution in [2.24, 2.45) is 0 Å². The van der Waals surface area contributed by atoms with Crippen LogP contribution in [0.2, 0.25) is 0 Å². The molecule has 0 heterocycles. The Morgan fingerprint density at radius 3 is 0.744 bits per heavy atom. The first-order valence-electron chi connectivity index (χ1n) is 35.6. The van der Waals surface area contributed by atoms with Gasteiger partial charge >= 0.3 is 17.9 Å². The van der Waals surface area contributed by atoms with Crippen molar-refractivity contribution in [1.29, 1.82) is 0 Å². The number of hydrogen-bond acceptors (Lipinski definition) is 6. The fraction of sp³-hybridized carbons (Fsp3) is 0.776. The zero-order valence-corrected chi connectivity index (χ0v) is 54.5. The van der Waals surface area contributed by atoms with Gasteiger partial charge in [-0.3, -0.25) is 14.4 Å². The first-order chi connectivity index (χ1) is 40.5. The molecule has 82 heavy (non-hydrogen) atoms.